The molecule has 1 heterocycles. The van der Waals surface area contributed by atoms with Crippen LogP contribution in [0.2, 0.25) is 0 Å². The summed E-state index contributed by atoms with van der Waals surface area (Å²) in [5.41, 5.74) is -0.557. The molecule has 1 saturated heterocycles. The summed E-state index contributed by atoms with van der Waals surface area (Å²) in [7, 11) is 1.83. The Kier molecular flexibility index (Phi) is 2.96. The van der Waals surface area contributed by atoms with Gasteiger partial charge in [0.05, 0.1) is 0 Å². The van der Waals surface area contributed by atoms with Gasteiger partial charge in [0.1, 0.15) is 5.60 Å². The van der Waals surface area contributed by atoms with E-state index in [0.717, 1.165) is 12.8 Å². The maximum atomic E-state index is 11.9. The molecule has 0 aliphatic carbocycles. The number of nitrogens with zero attached hydrogens (tertiary/aromatic N) is 1. The fraction of sp³-hybridized carbons (Fsp3) is 0.900. The van der Waals surface area contributed by atoms with Crippen molar-refractivity contribution in [1.29, 1.82) is 0 Å². The number of hydrogen-bond donors (Lipinski definition) is 0. The Morgan fingerprint density at radius 2 is 2.15 bits per heavy atom. The summed E-state index contributed by atoms with van der Waals surface area (Å²) in [6.07, 6.45) is 1.84. The largest absolute Gasteiger partial charge is 0.365 e. The van der Waals surface area contributed by atoms with Crippen molar-refractivity contribution in [1.82, 2.24) is 4.90 Å². The van der Waals surface area contributed by atoms with Gasteiger partial charge in [0.2, 0.25) is 0 Å². The highest BCUT2D eigenvalue weighted by Gasteiger charge is 2.40. The molecule has 0 spiro atoms. The lowest BCUT2D eigenvalue weighted by Crippen LogP contribution is -2.47. The predicted octanol–water partition coefficient (Wildman–Crippen LogP) is 1.42. The maximum absolute atomic E-state index is 11.9. The van der Waals surface area contributed by atoms with E-state index < -0.39 is 5.60 Å². The standard InChI is InChI=1S/C10H19NO2/c1-8(2)11(4)9(12)10(3)6-5-7-13-10/h8H,5-7H2,1-4H3. The molecule has 1 atom stereocenters. The van der Waals surface area contributed by atoms with Crippen LogP contribution in [0.5, 0.6) is 0 Å². The summed E-state index contributed by atoms with van der Waals surface area (Å²) in [6, 6.07) is 0.244. The highest BCUT2D eigenvalue weighted by atomic mass is 16.5. The number of ether oxygens (including phenoxy) is 1. The molecule has 1 aliphatic rings. The van der Waals surface area contributed by atoms with E-state index in [-0.39, 0.29) is 11.9 Å². The molecule has 0 aromatic heterocycles. The van der Waals surface area contributed by atoms with Gasteiger partial charge in [-0.25, -0.2) is 0 Å². The predicted molar refractivity (Wildman–Crippen MR) is 51.5 cm³/mol. The highest BCUT2D eigenvalue weighted by molar-refractivity contribution is 5.85. The van der Waals surface area contributed by atoms with E-state index in [1.54, 1.807) is 4.90 Å². The molecule has 0 bridgehead atoms. The van der Waals surface area contributed by atoms with Crippen LogP contribution in [0, 0.1) is 0 Å². The second-order valence-electron chi connectivity index (χ2n) is 4.19. The van der Waals surface area contributed by atoms with Crippen molar-refractivity contribution in [3.05, 3.63) is 0 Å². The van der Waals surface area contributed by atoms with Crippen molar-refractivity contribution in [2.24, 2.45) is 0 Å². The summed E-state index contributed by atoms with van der Waals surface area (Å²) < 4.78 is 5.48. The lowest BCUT2D eigenvalue weighted by Gasteiger charge is -2.30. The van der Waals surface area contributed by atoms with Crippen molar-refractivity contribution < 1.29 is 9.53 Å². The second-order valence-corrected chi connectivity index (χ2v) is 4.19. The average Bonchev–Trinajstić information content (AvgIpc) is 2.50. The fourth-order valence-electron chi connectivity index (χ4n) is 1.56. The lowest BCUT2D eigenvalue weighted by molar-refractivity contribution is -0.151. The van der Waals surface area contributed by atoms with E-state index in [1.165, 1.54) is 0 Å². The Labute approximate surface area is 80.1 Å². The minimum absolute atomic E-state index is 0.111. The SMILES string of the molecule is CC(C)N(C)C(=O)C1(C)CCCO1. The van der Waals surface area contributed by atoms with Gasteiger partial charge in [-0.2, -0.15) is 0 Å². The zero-order valence-corrected chi connectivity index (χ0v) is 8.96. The Morgan fingerprint density at radius 1 is 1.54 bits per heavy atom. The minimum Gasteiger partial charge on any atom is -0.365 e. The Morgan fingerprint density at radius 3 is 2.54 bits per heavy atom. The van der Waals surface area contributed by atoms with Gasteiger partial charge in [0, 0.05) is 19.7 Å². The number of carbonyl (C=O) groups excluding carboxylic acids is 1. The van der Waals surface area contributed by atoms with Crippen LogP contribution in [0.3, 0.4) is 0 Å². The lowest BCUT2D eigenvalue weighted by atomic mass is 10.0. The molecule has 0 N–H and O–H groups in total. The van der Waals surface area contributed by atoms with E-state index in [4.69, 9.17) is 4.74 Å². The molecule has 1 aliphatic heterocycles. The summed E-state index contributed by atoms with van der Waals surface area (Å²) in [4.78, 5) is 13.7. The molecule has 13 heavy (non-hydrogen) atoms. The van der Waals surface area contributed by atoms with Crippen molar-refractivity contribution in [3.63, 3.8) is 0 Å². The zero-order chi connectivity index (χ0) is 10.1. The molecule has 76 valence electrons. The number of carbonyl (C=O) groups is 1. The van der Waals surface area contributed by atoms with Gasteiger partial charge in [-0.15, -0.1) is 0 Å². The second kappa shape index (κ2) is 3.66. The van der Waals surface area contributed by atoms with Gasteiger partial charge >= 0.3 is 0 Å². The van der Waals surface area contributed by atoms with Gasteiger partial charge in [-0.3, -0.25) is 4.79 Å². The van der Waals surface area contributed by atoms with Gasteiger partial charge < -0.3 is 9.64 Å². The smallest absolute Gasteiger partial charge is 0.254 e. The summed E-state index contributed by atoms with van der Waals surface area (Å²) in [5, 5.41) is 0. The third-order valence-corrected chi connectivity index (χ3v) is 2.77. The van der Waals surface area contributed by atoms with Crippen LogP contribution >= 0.6 is 0 Å². The first-order chi connectivity index (χ1) is 5.97. The number of likely N-dealkylation sites (N-methyl/N-ethyl adjacent to an activating group) is 1. The van der Waals surface area contributed by atoms with Gasteiger partial charge in [-0.05, 0) is 33.6 Å². The number of hydrogen-bond acceptors (Lipinski definition) is 2. The highest BCUT2D eigenvalue weighted by Crippen LogP contribution is 2.27. The molecule has 3 heteroatoms. The monoisotopic (exact) mass is 185 g/mol. The van der Waals surface area contributed by atoms with Crippen molar-refractivity contribution >= 4 is 5.91 Å². The molecule has 0 aromatic rings. The van der Waals surface area contributed by atoms with Crippen LogP contribution in [0.1, 0.15) is 33.6 Å². The van der Waals surface area contributed by atoms with E-state index in [1.807, 2.05) is 27.8 Å². The molecular formula is C10H19NO2. The van der Waals surface area contributed by atoms with Crippen LogP contribution in [0.25, 0.3) is 0 Å². The Balaban J connectivity index is 2.65. The first kappa shape index (κ1) is 10.5. The molecule has 1 unspecified atom stereocenters. The number of rotatable bonds is 2. The quantitative estimate of drug-likeness (QED) is 0.651. The van der Waals surface area contributed by atoms with Crippen LogP contribution in [0.15, 0.2) is 0 Å². The van der Waals surface area contributed by atoms with E-state index in [0.29, 0.717) is 6.61 Å². The van der Waals surface area contributed by atoms with Gasteiger partial charge in [-0.1, -0.05) is 0 Å². The van der Waals surface area contributed by atoms with Gasteiger partial charge in [0.15, 0.2) is 0 Å². The number of amides is 1. The third kappa shape index (κ3) is 2.02. The molecule has 3 nitrogen and oxygen atoms in total. The first-order valence-corrected chi connectivity index (χ1v) is 4.88. The van der Waals surface area contributed by atoms with E-state index in [9.17, 15) is 4.79 Å². The topological polar surface area (TPSA) is 29.5 Å². The summed E-state index contributed by atoms with van der Waals surface area (Å²) in [5.74, 6) is 0.111. The van der Waals surface area contributed by atoms with Crippen molar-refractivity contribution in [2.75, 3.05) is 13.7 Å². The Bertz CT molecular complexity index is 195. The van der Waals surface area contributed by atoms with Crippen LogP contribution < -0.4 is 0 Å². The average molecular weight is 185 g/mol. The van der Waals surface area contributed by atoms with Crippen molar-refractivity contribution in [3.8, 4) is 0 Å². The zero-order valence-electron chi connectivity index (χ0n) is 8.96. The van der Waals surface area contributed by atoms with Gasteiger partial charge in [0.25, 0.3) is 5.91 Å². The molecule has 1 rings (SSSR count). The summed E-state index contributed by atoms with van der Waals surface area (Å²) in [6.45, 7) is 6.63. The molecule has 0 radical (unpaired) electrons. The fourth-order valence-corrected chi connectivity index (χ4v) is 1.56. The molecule has 1 fully saturated rings. The molecule has 0 aromatic carbocycles. The molecular weight excluding hydrogens is 166 g/mol. The normalized spacial score (nSPS) is 28.1. The first-order valence-electron chi connectivity index (χ1n) is 4.88. The molecule has 1 amide bonds. The molecule has 0 saturated carbocycles. The maximum Gasteiger partial charge on any atom is 0.254 e. The van der Waals surface area contributed by atoms with Crippen LogP contribution in [-0.2, 0) is 9.53 Å². The minimum atomic E-state index is -0.557. The van der Waals surface area contributed by atoms with Crippen LogP contribution in [-0.4, -0.2) is 36.1 Å². The van der Waals surface area contributed by atoms with E-state index in [2.05, 4.69) is 0 Å². The third-order valence-electron chi connectivity index (χ3n) is 2.77. The summed E-state index contributed by atoms with van der Waals surface area (Å²) >= 11 is 0. The Hall–Kier alpha value is -0.570. The van der Waals surface area contributed by atoms with Crippen molar-refractivity contribution in [2.45, 2.75) is 45.3 Å². The van der Waals surface area contributed by atoms with Crippen LogP contribution in [0.4, 0.5) is 0 Å². The van der Waals surface area contributed by atoms with E-state index >= 15 is 0 Å².